The molecule has 2 heterocycles. The van der Waals surface area contributed by atoms with Crippen molar-refractivity contribution >= 4 is 11.0 Å². The van der Waals surface area contributed by atoms with Crippen molar-refractivity contribution in [3.63, 3.8) is 0 Å². The minimum absolute atomic E-state index is 0.167. The minimum Gasteiger partial charge on any atom is -0.507 e. The second-order valence-corrected chi connectivity index (χ2v) is 6.95. The van der Waals surface area contributed by atoms with Crippen molar-refractivity contribution < 1.29 is 39.8 Å². The molecule has 9 heteroatoms. The summed E-state index contributed by atoms with van der Waals surface area (Å²) in [4.78, 5) is 12.5. The summed E-state index contributed by atoms with van der Waals surface area (Å²) in [6.07, 6.45) is -7.57. The second-order valence-electron chi connectivity index (χ2n) is 6.95. The molecule has 1 aliphatic rings. The molecular weight excluding hydrogens is 360 g/mol. The van der Waals surface area contributed by atoms with Gasteiger partial charge in [0.05, 0.1) is 12.2 Å². The number of ether oxygens (including phenoxy) is 1. The van der Waals surface area contributed by atoms with E-state index in [9.17, 15) is 35.4 Å². The summed E-state index contributed by atoms with van der Waals surface area (Å²) >= 11 is 0. The zero-order chi connectivity index (χ0) is 20.0. The van der Waals surface area contributed by atoms with Gasteiger partial charge in [0.2, 0.25) is 0 Å². The first-order chi connectivity index (χ1) is 12.7. The predicted octanol–water partition coefficient (Wildman–Crippen LogP) is -0.158. The maximum absolute atomic E-state index is 12.5. The molecule has 3 rings (SSSR count). The molecule has 1 aromatic carbocycles. The lowest BCUT2D eigenvalue weighted by atomic mass is 9.89. The molecule has 0 radical (unpaired) electrons. The molecular formula is C18H22O9. The maximum atomic E-state index is 12.5. The average molecular weight is 382 g/mol. The van der Waals surface area contributed by atoms with Crippen molar-refractivity contribution in [1.29, 1.82) is 0 Å². The van der Waals surface area contributed by atoms with Crippen LogP contribution < -0.4 is 5.43 Å². The Balaban J connectivity index is 2.28. The number of hydrogen-bond donors (Lipinski definition) is 6. The van der Waals surface area contributed by atoms with E-state index in [1.54, 1.807) is 13.8 Å². The summed E-state index contributed by atoms with van der Waals surface area (Å²) in [5, 5.41) is 59.9. The molecule has 1 unspecified atom stereocenters. The van der Waals surface area contributed by atoms with Crippen LogP contribution in [0, 0.1) is 0 Å². The lowest BCUT2D eigenvalue weighted by Gasteiger charge is -2.40. The second kappa shape index (κ2) is 7.10. The smallest absolute Gasteiger partial charge is 0.196 e. The van der Waals surface area contributed by atoms with E-state index in [1.165, 1.54) is 6.07 Å². The van der Waals surface area contributed by atoms with Crippen LogP contribution in [0.25, 0.3) is 11.0 Å². The summed E-state index contributed by atoms with van der Waals surface area (Å²) in [6, 6.07) is 2.13. The van der Waals surface area contributed by atoms with Crippen LogP contribution in [0.15, 0.2) is 21.3 Å². The summed E-state index contributed by atoms with van der Waals surface area (Å²) in [7, 11) is 0. The van der Waals surface area contributed by atoms with Gasteiger partial charge in [0.1, 0.15) is 53.2 Å². The quantitative estimate of drug-likeness (QED) is 0.424. The summed E-state index contributed by atoms with van der Waals surface area (Å²) < 4.78 is 11.2. The van der Waals surface area contributed by atoms with Crippen LogP contribution in [0.1, 0.15) is 37.2 Å². The van der Waals surface area contributed by atoms with E-state index in [2.05, 4.69) is 0 Å². The third-order valence-electron chi connectivity index (χ3n) is 4.76. The average Bonchev–Trinajstić information content (AvgIpc) is 2.60. The Bertz CT molecular complexity index is 902. The fourth-order valence-electron chi connectivity index (χ4n) is 3.24. The Morgan fingerprint density at radius 1 is 1.04 bits per heavy atom. The topological polar surface area (TPSA) is 161 Å². The number of benzene rings is 1. The van der Waals surface area contributed by atoms with Crippen LogP contribution in [-0.2, 0) is 4.74 Å². The Morgan fingerprint density at radius 2 is 1.70 bits per heavy atom. The molecule has 9 nitrogen and oxygen atoms in total. The van der Waals surface area contributed by atoms with Crippen molar-refractivity contribution in [2.75, 3.05) is 6.61 Å². The maximum Gasteiger partial charge on any atom is 0.196 e. The predicted molar refractivity (Wildman–Crippen MR) is 92.6 cm³/mol. The number of hydrogen-bond acceptors (Lipinski definition) is 9. The fraction of sp³-hybridized carbons (Fsp3) is 0.500. The number of phenols is 2. The first-order valence-electron chi connectivity index (χ1n) is 8.50. The molecule has 27 heavy (non-hydrogen) atoms. The van der Waals surface area contributed by atoms with Gasteiger partial charge in [-0.3, -0.25) is 4.79 Å². The van der Waals surface area contributed by atoms with Crippen LogP contribution >= 0.6 is 0 Å². The Kier molecular flexibility index (Phi) is 5.15. The molecule has 2 aromatic rings. The minimum atomic E-state index is -1.69. The molecule has 1 aliphatic heterocycles. The third-order valence-corrected chi connectivity index (χ3v) is 4.76. The zero-order valence-electron chi connectivity index (χ0n) is 14.7. The normalized spacial score (nSPS) is 28.8. The Labute approximate surface area is 153 Å². The highest BCUT2D eigenvalue weighted by Gasteiger charge is 2.46. The summed E-state index contributed by atoms with van der Waals surface area (Å²) in [5.74, 6) is -0.953. The van der Waals surface area contributed by atoms with E-state index < -0.39 is 54.1 Å². The molecule has 6 N–H and O–H groups in total. The van der Waals surface area contributed by atoms with E-state index >= 15 is 0 Å². The van der Waals surface area contributed by atoms with Crippen molar-refractivity contribution in [2.24, 2.45) is 0 Å². The molecule has 148 valence electrons. The number of aliphatic hydroxyl groups is 4. The van der Waals surface area contributed by atoms with Crippen molar-refractivity contribution in [2.45, 2.75) is 50.3 Å². The standard InChI is InChI=1S/C18H22O9/c1-6(2)10-4-9(22)12-7(20)3-8(21)13(17(12)26-10)18-16(25)15(24)14(23)11(5-19)27-18/h3-4,6,11,14-16,18-21,23-25H,5H2,1-2H3/t11-,14-,15+,16-,18?/m1/s1. The number of aromatic hydroxyl groups is 2. The lowest BCUT2D eigenvalue weighted by molar-refractivity contribution is -0.231. The van der Waals surface area contributed by atoms with Gasteiger partial charge < -0.3 is 39.8 Å². The van der Waals surface area contributed by atoms with E-state index in [1.807, 2.05) is 0 Å². The molecule has 5 atom stereocenters. The molecule has 0 spiro atoms. The molecule has 0 aliphatic carbocycles. The van der Waals surface area contributed by atoms with Crippen LogP contribution in [-0.4, -0.2) is 61.7 Å². The molecule has 0 bridgehead atoms. The van der Waals surface area contributed by atoms with E-state index in [-0.39, 0.29) is 28.2 Å². The first-order valence-corrected chi connectivity index (χ1v) is 8.50. The van der Waals surface area contributed by atoms with Crippen LogP contribution in [0.2, 0.25) is 0 Å². The highest BCUT2D eigenvalue weighted by molar-refractivity contribution is 5.88. The summed E-state index contributed by atoms with van der Waals surface area (Å²) in [6.45, 7) is 2.90. The SMILES string of the molecule is CC(C)c1cc(=O)c2c(O)cc(O)c(C3O[C@H](CO)[C@@H](O)[C@H](O)[C@H]3O)c2o1. The van der Waals surface area contributed by atoms with E-state index in [0.717, 1.165) is 6.07 Å². The van der Waals surface area contributed by atoms with Crippen LogP contribution in [0.3, 0.4) is 0 Å². The van der Waals surface area contributed by atoms with E-state index in [4.69, 9.17) is 9.15 Å². The molecule has 1 fully saturated rings. The van der Waals surface area contributed by atoms with Crippen molar-refractivity contribution in [1.82, 2.24) is 0 Å². The number of phenolic OH excluding ortho intramolecular Hbond substituents is 2. The van der Waals surface area contributed by atoms with Gasteiger partial charge in [0.15, 0.2) is 11.0 Å². The van der Waals surface area contributed by atoms with Gasteiger partial charge in [-0.2, -0.15) is 0 Å². The zero-order valence-corrected chi connectivity index (χ0v) is 14.7. The molecule has 0 saturated carbocycles. The van der Waals surface area contributed by atoms with E-state index in [0.29, 0.717) is 0 Å². The van der Waals surface area contributed by atoms with Gasteiger partial charge in [0.25, 0.3) is 0 Å². The largest absolute Gasteiger partial charge is 0.507 e. The molecule has 0 amide bonds. The Morgan fingerprint density at radius 3 is 2.30 bits per heavy atom. The van der Waals surface area contributed by atoms with Crippen molar-refractivity contribution in [3.8, 4) is 11.5 Å². The third kappa shape index (κ3) is 3.17. The van der Waals surface area contributed by atoms with Crippen LogP contribution in [0.4, 0.5) is 0 Å². The first kappa shape index (κ1) is 19.6. The Hall–Kier alpha value is -2.17. The fourth-order valence-corrected chi connectivity index (χ4v) is 3.24. The highest BCUT2D eigenvalue weighted by atomic mass is 16.5. The monoisotopic (exact) mass is 382 g/mol. The molecule has 1 aromatic heterocycles. The number of rotatable bonds is 3. The van der Waals surface area contributed by atoms with Gasteiger partial charge in [0, 0.05) is 18.1 Å². The van der Waals surface area contributed by atoms with Crippen LogP contribution in [0.5, 0.6) is 11.5 Å². The molecule has 1 saturated heterocycles. The van der Waals surface area contributed by atoms with Gasteiger partial charge >= 0.3 is 0 Å². The van der Waals surface area contributed by atoms with Gasteiger partial charge in [-0.25, -0.2) is 0 Å². The van der Waals surface area contributed by atoms with Crippen molar-refractivity contribution in [3.05, 3.63) is 33.7 Å². The highest BCUT2D eigenvalue weighted by Crippen LogP contribution is 2.43. The number of fused-ring (bicyclic) bond motifs is 1. The van der Waals surface area contributed by atoms with Gasteiger partial charge in [-0.05, 0) is 0 Å². The number of aliphatic hydroxyl groups excluding tert-OH is 4. The van der Waals surface area contributed by atoms with Gasteiger partial charge in [-0.15, -0.1) is 0 Å². The van der Waals surface area contributed by atoms with Gasteiger partial charge in [-0.1, -0.05) is 13.8 Å². The summed E-state index contributed by atoms with van der Waals surface area (Å²) in [5.41, 5.74) is -0.921. The lowest BCUT2D eigenvalue weighted by Crippen LogP contribution is -2.55.